The lowest BCUT2D eigenvalue weighted by Gasteiger charge is -2.38. The monoisotopic (exact) mass is 312 g/mol. The number of aromatic amines is 1. The highest BCUT2D eigenvalue weighted by Crippen LogP contribution is 2.34. The molecule has 1 aliphatic rings. The lowest BCUT2D eigenvalue weighted by molar-refractivity contribution is 0.0875. The van der Waals surface area contributed by atoms with Crippen molar-refractivity contribution < 1.29 is 9.53 Å². The van der Waals surface area contributed by atoms with Crippen LogP contribution in [0, 0.1) is 0 Å². The number of rotatable bonds is 4. The van der Waals surface area contributed by atoms with Crippen molar-refractivity contribution in [3.05, 3.63) is 42.1 Å². The number of aromatic nitrogens is 1. The molecular formula is C19H24N2O2. The van der Waals surface area contributed by atoms with Crippen molar-refractivity contribution >= 4 is 16.8 Å². The van der Waals surface area contributed by atoms with E-state index in [0.717, 1.165) is 48.8 Å². The van der Waals surface area contributed by atoms with Gasteiger partial charge in [0.2, 0.25) is 0 Å². The average Bonchev–Trinajstić information content (AvgIpc) is 2.98. The van der Waals surface area contributed by atoms with Gasteiger partial charge in [-0.25, -0.2) is 0 Å². The van der Waals surface area contributed by atoms with Gasteiger partial charge in [0.25, 0.3) is 5.91 Å². The first kappa shape index (κ1) is 15.7. The first-order chi connectivity index (χ1) is 11.0. The fourth-order valence-corrected chi connectivity index (χ4v) is 3.49. The van der Waals surface area contributed by atoms with E-state index in [2.05, 4.69) is 23.8 Å². The Labute approximate surface area is 136 Å². The van der Waals surface area contributed by atoms with E-state index in [4.69, 9.17) is 4.74 Å². The van der Waals surface area contributed by atoms with Gasteiger partial charge in [-0.15, -0.1) is 0 Å². The molecule has 1 amide bonds. The van der Waals surface area contributed by atoms with Crippen LogP contribution in [0.25, 0.3) is 10.9 Å². The summed E-state index contributed by atoms with van der Waals surface area (Å²) in [5.41, 5.74) is 2.59. The minimum atomic E-state index is -0.151. The predicted molar refractivity (Wildman–Crippen MR) is 92.9 cm³/mol. The zero-order valence-electron chi connectivity index (χ0n) is 13.9. The minimum Gasteiger partial charge on any atom is -0.497 e. The van der Waals surface area contributed by atoms with Crippen LogP contribution < -0.4 is 10.1 Å². The number of nitrogens with one attached hydrogen (secondary N) is 2. The van der Waals surface area contributed by atoms with Crippen LogP contribution >= 0.6 is 0 Å². The van der Waals surface area contributed by atoms with Gasteiger partial charge in [-0.2, -0.15) is 0 Å². The maximum absolute atomic E-state index is 12.7. The van der Waals surface area contributed by atoms with Crippen LogP contribution in [0.5, 0.6) is 5.75 Å². The number of ether oxygens (including phenoxy) is 1. The largest absolute Gasteiger partial charge is 0.497 e. The molecule has 0 aliphatic heterocycles. The highest BCUT2D eigenvalue weighted by molar-refractivity contribution is 5.98. The Morgan fingerprint density at radius 3 is 2.96 bits per heavy atom. The zero-order valence-corrected chi connectivity index (χ0v) is 13.9. The molecule has 0 saturated heterocycles. The van der Waals surface area contributed by atoms with Crippen molar-refractivity contribution in [1.29, 1.82) is 0 Å². The Morgan fingerprint density at radius 2 is 2.26 bits per heavy atom. The molecule has 2 N–H and O–H groups in total. The summed E-state index contributed by atoms with van der Waals surface area (Å²) in [5, 5.41) is 4.26. The molecule has 1 heterocycles. The molecule has 3 rings (SSSR count). The third-order valence-electron chi connectivity index (χ3n) is 4.90. The Hall–Kier alpha value is -2.23. The van der Waals surface area contributed by atoms with E-state index in [1.807, 2.05) is 24.3 Å². The van der Waals surface area contributed by atoms with Gasteiger partial charge in [-0.1, -0.05) is 19.1 Å². The number of fused-ring (bicyclic) bond motifs is 1. The Balaban J connectivity index is 1.83. The number of amides is 1. The van der Waals surface area contributed by atoms with Crippen LogP contribution in [0.2, 0.25) is 0 Å². The van der Waals surface area contributed by atoms with Gasteiger partial charge in [-0.3, -0.25) is 4.79 Å². The van der Waals surface area contributed by atoms with E-state index in [1.165, 1.54) is 5.57 Å². The summed E-state index contributed by atoms with van der Waals surface area (Å²) in [6, 6.07) is 7.66. The van der Waals surface area contributed by atoms with Gasteiger partial charge in [0, 0.05) is 22.5 Å². The topological polar surface area (TPSA) is 54.1 Å². The molecule has 0 bridgehead atoms. The first-order valence-electron chi connectivity index (χ1n) is 8.21. The second-order valence-corrected chi connectivity index (χ2v) is 6.50. The summed E-state index contributed by atoms with van der Waals surface area (Å²) in [7, 11) is 1.64. The number of H-pyrrole nitrogens is 1. The van der Waals surface area contributed by atoms with Gasteiger partial charge in [0.15, 0.2) is 0 Å². The molecule has 0 spiro atoms. The van der Waals surface area contributed by atoms with Crippen molar-refractivity contribution in [2.45, 2.75) is 44.6 Å². The Kier molecular flexibility index (Phi) is 4.16. The number of methoxy groups -OCH3 is 1. The van der Waals surface area contributed by atoms with Gasteiger partial charge in [-0.05, 0) is 50.3 Å². The van der Waals surface area contributed by atoms with Gasteiger partial charge in [0.1, 0.15) is 11.4 Å². The number of carbonyl (C=O) groups excluding carboxylic acids is 1. The minimum absolute atomic E-state index is 0.0447. The summed E-state index contributed by atoms with van der Waals surface area (Å²) >= 11 is 0. The van der Waals surface area contributed by atoms with E-state index >= 15 is 0 Å². The highest BCUT2D eigenvalue weighted by atomic mass is 16.5. The second-order valence-electron chi connectivity index (χ2n) is 6.50. The molecule has 23 heavy (non-hydrogen) atoms. The van der Waals surface area contributed by atoms with Crippen LogP contribution in [0.4, 0.5) is 0 Å². The van der Waals surface area contributed by atoms with Crippen LogP contribution in [0.15, 0.2) is 36.4 Å². The van der Waals surface area contributed by atoms with Gasteiger partial charge >= 0.3 is 0 Å². The molecule has 2 aromatic rings. The van der Waals surface area contributed by atoms with Crippen molar-refractivity contribution in [1.82, 2.24) is 10.3 Å². The number of hydrogen-bond donors (Lipinski definition) is 2. The van der Waals surface area contributed by atoms with Crippen LogP contribution in [0.1, 0.15) is 49.5 Å². The second kappa shape index (κ2) is 6.11. The molecular weight excluding hydrogens is 288 g/mol. The summed E-state index contributed by atoms with van der Waals surface area (Å²) in [4.78, 5) is 15.9. The third-order valence-corrected chi connectivity index (χ3v) is 4.90. The molecule has 1 fully saturated rings. The smallest absolute Gasteiger partial charge is 0.268 e. The maximum Gasteiger partial charge on any atom is 0.268 e. The molecule has 1 aromatic heterocycles. The molecule has 4 nitrogen and oxygen atoms in total. The first-order valence-corrected chi connectivity index (χ1v) is 8.21. The average molecular weight is 312 g/mol. The number of benzene rings is 1. The summed E-state index contributed by atoms with van der Waals surface area (Å²) in [5.74, 6) is 0.733. The van der Waals surface area contributed by atoms with E-state index < -0.39 is 0 Å². The Morgan fingerprint density at radius 1 is 1.43 bits per heavy atom. The van der Waals surface area contributed by atoms with Gasteiger partial charge < -0.3 is 15.0 Å². The Bertz CT molecular complexity index is 747. The van der Waals surface area contributed by atoms with Crippen molar-refractivity contribution in [3.8, 4) is 5.75 Å². The standard InChI is InChI=1S/C19H24N2O2/c1-4-19(9-5-6-13(2)12-19)21-18(22)17-10-14-7-8-15(23-3)11-16(14)20-17/h7-8,10-11,20H,2,4-6,9,12H2,1,3H3,(H,21,22). The zero-order chi connectivity index (χ0) is 16.4. The van der Waals surface area contributed by atoms with Crippen molar-refractivity contribution in [2.75, 3.05) is 7.11 Å². The maximum atomic E-state index is 12.7. The van der Waals surface area contributed by atoms with E-state index in [0.29, 0.717) is 5.69 Å². The molecule has 4 heteroatoms. The summed E-state index contributed by atoms with van der Waals surface area (Å²) < 4.78 is 5.23. The molecule has 122 valence electrons. The predicted octanol–water partition coefficient (Wildman–Crippen LogP) is 4.19. The van der Waals surface area contributed by atoms with E-state index in [-0.39, 0.29) is 11.4 Å². The molecule has 1 aromatic carbocycles. The molecule has 0 radical (unpaired) electrons. The number of carbonyl (C=O) groups is 1. The highest BCUT2D eigenvalue weighted by Gasteiger charge is 2.33. The normalized spacial score (nSPS) is 21.4. The fourth-order valence-electron chi connectivity index (χ4n) is 3.49. The summed E-state index contributed by atoms with van der Waals surface area (Å²) in [6.45, 7) is 6.25. The van der Waals surface area contributed by atoms with Gasteiger partial charge in [0.05, 0.1) is 7.11 Å². The van der Waals surface area contributed by atoms with E-state index in [1.54, 1.807) is 7.11 Å². The molecule has 1 saturated carbocycles. The summed E-state index contributed by atoms with van der Waals surface area (Å²) in [6.07, 6.45) is 4.98. The van der Waals surface area contributed by atoms with Crippen LogP contribution in [-0.4, -0.2) is 23.5 Å². The lowest BCUT2D eigenvalue weighted by Crippen LogP contribution is -2.49. The fraction of sp³-hybridized carbons (Fsp3) is 0.421. The van der Waals surface area contributed by atoms with Crippen LogP contribution in [-0.2, 0) is 0 Å². The quantitative estimate of drug-likeness (QED) is 0.832. The molecule has 1 atom stereocenters. The molecule has 1 unspecified atom stereocenters. The molecule has 1 aliphatic carbocycles. The third kappa shape index (κ3) is 3.11. The lowest BCUT2D eigenvalue weighted by atomic mass is 9.77. The van der Waals surface area contributed by atoms with Crippen LogP contribution in [0.3, 0.4) is 0 Å². The SMILES string of the molecule is C=C1CCCC(CC)(NC(=O)c2cc3ccc(OC)cc3[nH]2)C1. The van der Waals surface area contributed by atoms with E-state index in [9.17, 15) is 4.79 Å². The van der Waals surface area contributed by atoms with Crippen molar-refractivity contribution in [3.63, 3.8) is 0 Å². The van der Waals surface area contributed by atoms with Crippen molar-refractivity contribution in [2.24, 2.45) is 0 Å². The number of hydrogen-bond acceptors (Lipinski definition) is 2.